The van der Waals surface area contributed by atoms with Gasteiger partial charge in [-0.1, -0.05) is 0 Å². The Labute approximate surface area is 120 Å². The lowest BCUT2D eigenvalue weighted by molar-refractivity contribution is -0.173. The van der Waals surface area contributed by atoms with Crippen molar-refractivity contribution in [2.45, 2.75) is 32.5 Å². The molecule has 0 saturated carbocycles. The van der Waals surface area contributed by atoms with Crippen LogP contribution in [0.4, 0.5) is 19.0 Å². The third-order valence-corrected chi connectivity index (χ3v) is 2.95. The van der Waals surface area contributed by atoms with Gasteiger partial charge in [-0.25, -0.2) is 9.97 Å². The molecule has 0 spiro atoms. The molecule has 0 amide bonds. The molecule has 8 heteroatoms. The molecule has 0 radical (unpaired) electrons. The van der Waals surface area contributed by atoms with Crippen LogP contribution >= 0.6 is 0 Å². The summed E-state index contributed by atoms with van der Waals surface area (Å²) in [5.74, 6) is 1.20. The SMILES string of the molecule is CCNc1nc(CCOCC(F)(F)F)nc2c1COCC2. The van der Waals surface area contributed by atoms with Crippen molar-refractivity contribution in [3.8, 4) is 0 Å². The van der Waals surface area contributed by atoms with Crippen LogP contribution in [0.3, 0.4) is 0 Å². The molecular formula is C13H18F3N3O2. The zero-order valence-electron chi connectivity index (χ0n) is 11.8. The highest BCUT2D eigenvalue weighted by molar-refractivity contribution is 5.47. The van der Waals surface area contributed by atoms with Gasteiger partial charge in [-0.15, -0.1) is 0 Å². The fourth-order valence-electron chi connectivity index (χ4n) is 2.06. The zero-order valence-corrected chi connectivity index (χ0v) is 11.8. The predicted molar refractivity (Wildman–Crippen MR) is 70.1 cm³/mol. The Morgan fingerprint density at radius 3 is 2.86 bits per heavy atom. The summed E-state index contributed by atoms with van der Waals surface area (Å²) in [7, 11) is 0. The Bertz CT molecular complexity index is 480. The van der Waals surface area contributed by atoms with Gasteiger partial charge in [-0.2, -0.15) is 13.2 Å². The first kappa shape index (κ1) is 16.0. The number of rotatable bonds is 6. The van der Waals surface area contributed by atoms with E-state index in [9.17, 15) is 13.2 Å². The normalized spacial score (nSPS) is 14.9. The van der Waals surface area contributed by atoms with Gasteiger partial charge in [0.15, 0.2) is 0 Å². The van der Waals surface area contributed by atoms with Crippen molar-refractivity contribution < 1.29 is 22.6 Å². The minimum atomic E-state index is -4.30. The first-order valence-corrected chi connectivity index (χ1v) is 6.84. The number of halogens is 3. The van der Waals surface area contributed by atoms with Gasteiger partial charge < -0.3 is 14.8 Å². The van der Waals surface area contributed by atoms with E-state index in [2.05, 4.69) is 20.0 Å². The van der Waals surface area contributed by atoms with Crippen LogP contribution in [0.2, 0.25) is 0 Å². The van der Waals surface area contributed by atoms with Gasteiger partial charge in [0.2, 0.25) is 0 Å². The Morgan fingerprint density at radius 1 is 1.33 bits per heavy atom. The quantitative estimate of drug-likeness (QED) is 0.816. The summed E-state index contributed by atoms with van der Waals surface area (Å²) >= 11 is 0. The van der Waals surface area contributed by atoms with Gasteiger partial charge in [0.05, 0.1) is 25.5 Å². The summed E-state index contributed by atoms with van der Waals surface area (Å²) in [6.45, 7) is 2.41. The number of hydrogen-bond acceptors (Lipinski definition) is 5. The molecule has 1 aromatic heterocycles. The molecule has 0 atom stereocenters. The molecule has 0 bridgehead atoms. The number of alkyl halides is 3. The van der Waals surface area contributed by atoms with Gasteiger partial charge in [0.1, 0.15) is 18.2 Å². The van der Waals surface area contributed by atoms with Crippen LogP contribution in [0, 0.1) is 0 Å². The van der Waals surface area contributed by atoms with Gasteiger partial charge in [-0.3, -0.25) is 0 Å². The fraction of sp³-hybridized carbons (Fsp3) is 0.692. The van der Waals surface area contributed by atoms with Crippen molar-refractivity contribution in [1.82, 2.24) is 9.97 Å². The lowest BCUT2D eigenvalue weighted by Gasteiger charge is -2.20. The monoisotopic (exact) mass is 305 g/mol. The number of fused-ring (bicyclic) bond motifs is 1. The molecule has 0 aromatic carbocycles. The maximum Gasteiger partial charge on any atom is 0.411 e. The molecule has 1 aromatic rings. The molecule has 0 fully saturated rings. The number of hydrogen-bond donors (Lipinski definition) is 1. The van der Waals surface area contributed by atoms with Crippen LogP contribution in [0.1, 0.15) is 24.0 Å². The number of ether oxygens (including phenoxy) is 2. The van der Waals surface area contributed by atoms with Crippen LogP contribution in [-0.4, -0.2) is 42.5 Å². The first-order valence-electron chi connectivity index (χ1n) is 6.84. The van der Waals surface area contributed by atoms with Crippen molar-refractivity contribution >= 4 is 5.82 Å². The lowest BCUT2D eigenvalue weighted by atomic mass is 10.1. The maximum atomic E-state index is 12.0. The summed E-state index contributed by atoms with van der Waals surface area (Å²) in [5.41, 5.74) is 1.83. The van der Waals surface area contributed by atoms with Crippen LogP contribution in [-0.2, 0) is 28.9 Å². The molecule has 0 aliphatic carbocycles. The Kier molecular flexibility index (Phi) is 5.35. The van der Waals surface area contributed by atoms with Crippen LogP contribution in [0.15, 0.2) is 0 Å². The molecule has 0 saturated heterocycles. The minimum Gasteiger partial charge on any atom is -0.376 e. The van der Waals surface area contributed by atoms with E-state index in [1.165, 1.54) is 0 Å². The van der Waals surface area contributed by atoms with Crippen molar-refractivity contribution in [2.75, 3.05) is 31.7 Å². The molecule has 2 rings (SSSR count). The molecule has 118 valence electrons. The second-order valence-electron chi connectivity index (χ2n) is 4.66. The summed E-state index contributed by atoms with van der Waals surface area (Å²) < 4.78 is 46.0. The fourth-order valence-corrected chi connectivity index (χ4v) is 2.06. The highest BCUT2D eigenvalue weighted by Crippen LogP contribution is 2.22. The van der Waals surface area contributed by atoms with Gasteiger partial charge >= 0.3 is 6.18 Å². The molecule has 2 heterocycles. The van der Waals surface area contributed by atoms with Gasteiger partial charge in [0, 0.05) is 24.9 Å². The van der Waals surface area contributed by atoms with Crippen molar-refractivity contribution in [2.24, 2.45) is 0 Å². The van der Waals surface area contributed by atoms with Crippen LogP contribution < -0.4 is 5.32 Å². The third-order valence-electron chi connectivity index (χ3n) is 2.95. The van der Waals surface area contributed by atoms with Crippen molar-refractivity contribution in [1.29, 1.82) is 0 Å². The van der Waals surface area contributed by atoms with Crippen LogP contribution in [0.5, 0.6) is 0 Å². The van der Waals surface area contributed by atoms with Crippen molar-refractivity contribution in [3.05, 3.63) is 17.1 Å². The highest BCUT2D eigenvalue weighted by Gasteiger charge is 2.27. The second kappa shape index (κ2) is 7.04. The van der Waals surface area contributed by atoms with Gasteiger partial charge in [-0.05, 0) is 6.92 Å². The molecule has 5 nitrogen and oxygen atoms in total. The number of anilines is 1. The van der Waals surface area contributed by atoms with E-state index in [-0.39, 0.29) is 13.0 Å². The van der Waals surface area contributed by atoms with E-state index in [0.717, 1.165) is 11.3 Å². The topological polar surface area (TPSA) is 56.3 Å². The zero-order chi connectivity index (χ0) is 15.3. The molecule has 1 aliphatic rings. The number of nitrogens with zero attached hydrogens (tertiary/aromatic N) is 2. The summed E-state index contributed by atoms with van der Waals surface area (Å²) in [6, 6.07) is 0. The second-order valence-corrected chi connectivity index (χ2v) is 4.66. The highest BCUT2D eigenvalue weighted by atomic mass is 19.4. The van der Waals surface area contributed by atoms with E-state index in [4.69, 9.17) is 4.74 Å². The molecule has 1 N–H and O–H groups in total. The standard InChI is InChI=1S/C13H18F3N3O2/c1-2-17-12-9-7-20-5-3-10(9)18-11(19-12)4-6-21-8-13(14,15)16/h2-8H2,1H3,(H,17,18,19). The molecule has 21 heavy (non-hydrogen) atoms. The van der Waals surface area contributed by atoms with E-state index in [1.54, 1.807) is 0 Å². The minimum absolute atomic E-state index is 0.0552. The summed E-state index contributed by atoms with van der Waals surface area (Å²) in [4.78, 5) is 8.74. The van der Waals surface area contributed by atoms with E-state index >= 15 is 0 Å². The molecule has 0 unspecified atom stereocenters. The van der Waals surface area contributed by atoms with E-state index in [0.29, 0.717) is 37.8 Å². The maximum absolute atomic E-state index is 12.0. The average molecular weight is 305 g/mol. The van der Waals surface area contributed by atoms with Crippen LogP contribution in [0.25, 0.3) is 0 Å². The van der Waals surface area contributed by atoms with Crippen molar-refractivity contribution in [3.63, 3.8) is 0 Å². The first-order chi connectivity index (χ1) is 9.99. The third kappa shape index (κ3) is 4.82. The Morgan fingerprint density at radius 2 is 2.14 bits per heavy atom. The van der Waals surface area contributed by atoms with Gasteiger partial charge in [0.25, 0.3) is 0 Å². The molecule has 1 aliphatic heterocycles. The summed E-state index contributed by atoms with van der Waals surface area (Å²) in [6.07, 6.45) is -3.36. The number of aromatic nitrogens is 2. The smallest absolute Gasteiger partial charge is 0.376 e. The average Bonchev–Trinajstić information content (AvgIpc) is 2.43. The van der Waals surface area contributed by atoms with E-state index < -0.39 is 12.8 Å². The largest absolute Gasteiger partial charge is 0.411 e. The lowest BCUT2D eigenvalue weighted by Crippen LogP contribution is -2.20. The summed E-state index contributed by atoms with van der Waals surface area (Å²) in [5, 5.41) is 3.14. The predicted octanol–water partition coefficient (Wildman–Crippen LogP) is 2.10. The molecular weight excluding hydrogens is 287 g/mol. The Balaban J connectivity index is 2.01. The Hall–Kier alpha value is -1.41. The number of nitrogens with one attached hydrogen (secondary N) is 1. The van der Waals surface area contributed by atoms with E-state index in [1.807, 2.05) is 6.92 Å².